The Morgan fingerprint density at radius 2 is 2.11 bits per heavy atom. The lowest BCUT2D eigenvalue weighted by atomic mass is 10.0. The number of carboxylic acid groups (broad SMARTS) is 1. The maximum Gasteiger partial charge on any atom is 0.356 e. The summed E-state index contributed by atoms with van der Waals surface area (Å²) in [5.41, 5.74) is -0.0185. The van der Waals surface area contributed by atoms with Gasteiger partial charge in [-0.1, -0.05) is 19.8 Å². The van der Waals surface area contributed by atoms with Crippen LogP contribution in [0.5, 0.6) is 0 Å². The Kier molecular flexibility index (Phi) is 4.12. The van der Waals surface area contributed by atoms with E-state index in [1.54, 1.807) is 6.07 Å². The van der Waals surface area contributed by atoms with Crippen LogP contribution in [0.15, 0.2) is 12.1 Å². The van der Waals surface area contributed by atoms with E-state index in [0.29, 0.717) is 11.9 Å². The first kappa shape index (κ1) is 12.8. The molecule has 5 nitrogen and oxygen atoms in total. The number of aromatic carboxylic acids is 1. The van der Waals surface area contributed by atoms with E-state index in [4.69, 9.17) is 5.11 Å². The molecule has 2 unspecified atom stereocenters. The third-order valence-corrected chi connectivity index (χ3v) is 3.49. The fourth-order valence-electron chi connectivity index (χ4n) is 2.36. The molecule has 1 heterocycles. The summed E-state index contributed by atoms with van der Waals surface area (Å²) in [6, 6.07) is 3.60. The number of hydrogen-bond donors (Lipinski definition) is 2. The van der Waals surface area contributed by atoms with Gasteiger partial charge >= 0.3 is 5.97 Å². The smallest absolute Gasteiger partial charge is 0.356 e. The second-order valence-electron chi connectivity index (χ2n) is 5.06. The second-order valence-corrected chi connectivity index (χ2v) is 5.06. The van der Waals surface area contributed by atoms with Gasteiger partial charge < -0.3 is 10.4 Å². The van der Waals surface area contributed by atoms with Crippen molar-refractivity contribution in [2.45, 2.75) is 45.1 Å². The van der Waals surface area contributed by atoms with Crippen molar-refractivity contribution in [1.82, 2.24) is 10.2 Å². The molecule has 1 saturated carbocycles. The van der Waals surface area contributed by atoms with E-state index in [1.165, 1.54) is 25.3 Å². The van der Waals surface area contributed by atoms with Gasteiger partial charge in [-0.2, -0.15) is 0 Å². The highest BCUT2D eigenvalue weighted by Crippen LogP contribution is 2.24. The van der Waals surface area contributed by atoms with Gasteiger partial charge in [-0.15, -0.1) is 10.2 Å². The van der Waals surface area contributed by atoms with Gasteiger partial charge in [0.15, 0.2) is 5.69 Å². The molecule has 1 aliphatic carbocycles. The van der Waals surface area contributed by atoms with E-state index in [1.807, 2.05) is 0 Å². The third-order valence-electron chi connectivity index (χ3n) is 3.49. The van der Waals surface area contributed by atoms with E-state index in [2.05, 4.69) is 22.4 Å². The lowest BCUT2D eigenvalue weighted by Gasteiger charge is -2.16. The van der Waals surface area contributed by atoms with Crippen molar-refractivity contribution in [3.63, 3.8) is 0 Å². The molecule has 1 aromatic rings. The molecule has 1 aliphatic rings. The Morgan fingerprint density at radius 1 is 1.28 bits per heavy atom. The van der Waals surface area contributed by atoms with Crippen LogP contribution in [0.4, 0.5) is 5.82 Å². The molecule has 18 heavy (non-hydrogen) atoms. The fraction of sp³-hybridized carbons (Fsp3) is 0.615. The molecule has 0 aromatic carbocycles. The Bertz CT molecular complexity index is 405. The van der Waals surface area contributed by atoms with Gasteiger partial charge in [-0.3, -0.25) is 0 Å². The SMILES string of the molecule is CC1CCCC(Nc2ccc(C(=O)O)nn2)CC1. The van der Waals surface area contributed by atoms with Crippen LogP contribution in [0.25, 0.3) is 0 Å². The predicted octanol–water partition coefficient (Wildman–Crippen LogP) is 2.56. The average molecular weight is 249 g/mol. The van der Waals surface area contributed by atoms with E-state index in [-0.39, 0.29) is 5.69 Å². The topological polar surface area (TPSA) is 75.1 Å². The first-order valence-electron chi connectivity index (χ1n) is 6.48. The zero-order valence-electron chi connectivity index (χ0n) is 10.6. The largest absolute Gasteiger partial charge is 0.476 e. The van der Waals surface area contributed by atoms with Gasteiger partial charge in [-0.25, -0.2) is 4.79 Å². The van der Waals surface area contributed by atoms with Crippen LogP contribution < -0.4 is 5.32 Å². The normalized spacial score (nSPS) is 24.3. The number of anilines is 1. The van der Waals surface area contributed by atoms with Gasteiger partial charge in [0.25, 0.3) is 0 Å². The molecule has 2 atom stereocenters. The van der Waals surface area contributed by atoms with Crippen LogP contribution >= 0.6 is 0 Å². The molecule has 0 aliphatic heterocycles. The van der Waals surface area contributed by atoms with Gasteiger partial charge in [0.2, 0.25) is 0 Å². The molecule has 0 bridgehead atoms. The lowest BCUT2D eigenvalue weighted by Crippen LogP contribution is -2.19. The van der Waals surface area contributed by atoms with E-state index in [0.717, 1.165) is 18.8 Å². The Morgan fingerprint density at radius 3 is 2.78 bits per heavy atom. The molecular weight excluding hydrogens is 230 g/mol. The summed E-state index contributed by atoms with van der Waals surface area (Å²) >= 11 is 0. The standard InChI is InChI=1S/C13H19N3O2/c1-9-3-2-4-10(6-5-9)14-12-8-7-11(13(17)18)15-16-12/h7-10H,2-6H2,1H3,(H,14,16)(H,17,18). The molecule has 1 aromatic heterocycles. The first-order valence-corrected chi connectivity index (χ1v) is 6.48. The van der Waals surface area contributed by atoms with Crippen molar-refractivity contribution in [2.24, 2.45) is 5.92 Å². The Labute approximate surface area is 107 Å². The van der Waals surface area contributed by atoms with Crippen LogP contribution in [0.1, 0.15) is 49.5 Å². The minimum Gasteiger partial charge on any atom is -0.476 e. The number of rotatable bonds is 3. The van der Waals surface area contributed by atoms with Crippen LogP contribution in [-0.2, 0) is 0 Å². The molecule has 2 N–H and O–H groups in total. The average Bonchev–Trinajstić information content (AvgIpc) is 2.55. The van der Waals surface area contributed by atoms with Gasteiger partial charge in [0.1, 0.15) is 5.82 Å². The summed E-state index contributed by atoms with van der Waals surface area (Å²) in [6.07, 6.45) is 6.05. The van der Waals surface area contributed by atoms with Crippen LogP contribution in [0, 0.1) is 5.92 Å². The molecule has 0 radical (unpaired) electrons. The number of aromatic nitrogens is 2. The number of carboxylic acids is 1. The second kappa shape index (κ2) is 5.80. The highest BCUT2D eigenvalue weighted by Gasteiger charge is 2.16. The highest BCUT2D eigenvalue weighted by atomic mass is 16.4. The number of carbonyl (C=O) groups is 1. The van der Waals surface area contributed by atoms with Crippen LogP contribution in [0.2, 0.25) is 0 Å². The summed E-state index contributed by atoms with van der Waals surface area (Å²) in [6.45, 7) is 2.30. The zero-order valence-corrected chi connectivity index (χ0v) is 10.6. The van der Waals surface area contributed by atoms with Crippen molar-refractivity contribution in [3.05, 3.63) is 17.8 Å². The Balaban J connectivity index is 1.94. The van der Waals surface area contributed by atoms with E-state index >= 15 is 0 Å². The minimum atomic E-state index is -1.04. The Hall–Kier alpha value is -1.65. The summed E-state index contributed by atoms with van der Waals surface area (Å²) < 4.78 is 0. The minimum absolute atomic E-state index is 0.0185. The van der Waals surface area contributed by atoms with Crippen molar-refractivity contribution in [1.29, 1.82) is 0 Å². The van der Waals surface area contributed by atoms with Crippen molar-refractivity contribution in [2.75, 3.05) is 5.32 Å². The van der Waals surface area contributed by atoms with Crippen LogP contribution in [0.3, 0.4) is 0 Å². The van der Waals surface area contributed by atoms with E-state index < -0.39 is 5.97 Å². The maximum absolute atomic E-state index is 10.7. The van der Waals surface area contributed by atoms with Crippen molar-refractivity contribution < 1.29 is 9.90 Å². The fourth-order valence-corrected chi connectivity index (χ4v) is 2.36. The zero-order chi connectivity index (χ0) is 13.0. The van der Waals surface area contributed by atoms with Crippen molar-refractivity contribution in [3.8, 4) is 0 Å². The molecular formula is C13H19N3O2. The molecule has 2 rings (SSSR count). The van der Waals surface area contributed by atoms with Crippen LogP contribution in [-0.4, -0.2) is 27.3 Å². The predicted molar refractivity (Wildman–Crippen MR) is 68.7 cm³/mol. The number of nitrogens with one attached hydrogen (secondary N) is 1. The maximum atomic E-state index is 10.7. The summed E-state index contributed by atoms with van der Waals surface area (Å²) in [7, 11) is 0. The summed E-state index contributed by atoms with van der Waals surface area (Å²) in [5.74, 6) is 0.425. The van der Waals surface area contributed by atoms with Gasteiger partial charge in [0.05, 0.1) is 0 Å². The van der Waals surface area contributed by atoms with Gasteiger partial charge in [0, 0.05) is 6.04 Å². The molecule has 1 fully saturated rings. The number of nitrogens with zero attached hydrogens (tertiary/aromatic N) is 2. The summed E-state index contributed by atoms with van der Waals surface area (Å²) in [4.78, 5) is 10.7. The molecule has 0 spiro atoms. The molecule has 0 amide bonds. The summed E-state index contributed by atoms with van der Waals surface area (Å²) in [5, 5.41) is 19.7. The third kappa shape index (κ3) is 3.42. The lowest BCUT2D eigenvalue weighted by molar-refractivity contribution is 0.0689. The van der Waals surface area contributed by atoms with Gasteiger partial charge in [-0.05, 0) is 37.3 Å². The van der Waals surface area contributed by atoms with Crippen molar-refractivity contribution >= 4 is 11.8 Å². The number of hydrogen-bond acceptors (Lipinski definition) is 4. The monoisotopic (exact) mass is 249 g/mol. The highest BCUT2D eigenvalue weighted by molar-refractivity contribution is 5.85. The first-order chi connectivity index (χ1) is 8.65. The molecule has 98 valence electrons. The molecule has 5 heteroatoms. The van der Waals surface area contributed by atoms with E-state index in [9.17, 15) is 4.79 Å². The quantitative estimate of drug-likeness (QED) is 0.805. The molecule has 0 saturated heterocycles.